The molecule has 0 saturated heterocycles. The normalized spacial score (nSPS) is 12.7. The van der Waals surface area contributed by atoms with Crippen molar-refractivity contribution in [2.45, 2.75) is 19.6 Å². The van der Waals surface area contributed by atoms with E-state index in [-0.39, 0.29) is 18.5 Å². The quantitative estimate of drug-likeness (QED) is 0.854. The van der Waals surface area contributed by atoms with Crippen molar-refractivity contribution >= 4 is 0 Å². The molecule has 0 aliphatic heterocycles. The third kappa shape index (κ3) is 1.94. The summed E-state index contributed by atoms with van der Waals surface area (Å²) in [5.41, 5.74) is 0.814. The third-order valence-corrected chi connectivity index (χ3v) is 2.54. The highest BCUT2D eigenvalue weighted by molar-refractivity contribution is 5.20. The van der Waals surface area contributed by atoms with Crippen LogP contribution in [0.2, 0.25) is 0 Å². The molecule has 1 aromatic heterocycles. The molecule has 2 aromatic rings. The molecule has 84 valence electrons. The summed E-state index contributed by atoms with van der Waals surface area (Å²) < 4.78 is 14.8. The Bertz CT molecular complexity index is 484. The minimum Gasteiger partial charge on any atom is -0.388 e. The average Bonchev–Trinajstić information content (AvgIpc) is 2.76. The van der Waals surface area contributed by atoms with Gasteiger partial charge in [0.1, 0.15) is 18.8 Å². The molecular formula is C11H12FN3O. The first-order valence-corrected chi connectivity index (χ1v) is 4.97. The van der Waals surface area contributed by atoms with Crippen molar-refractivity contribution in [1.29, 1.82) is 0 Å². The maximum atomic E-state index is 13.1. The van der Waals surface area contributed by atoms with Gasteiger partial charge >= 0.3 is 0 Å². The van der Waals surface area contributed by atoms with Crippen LogP contribution >= 0.6 is 0 Å². The lowest BCUT2D eigenvalue weighted by atomic mass is 10.1. The zero-order valence-electron chi connectivity index (χ0n) is 8.84. The number of hydrogen-bond donors (Lipinski definition) is 1. The predicted molar refractivity (Wildman–Crippen MR) is 56.2 cm³/mol. The van der Waals surface area contributed by atoms with Gasteiger partial charge in [-0.25, -0.2) is 4.39 Å². The summed E-state index contributed by atoms with van der Waals surface area (Å²) in [6.07, 6.45) is 1.53. The molecule has 1 aromatic carbocycles. The summed E-state index contributed by atoms with van der Waals surface area (Å²) in [7, 11) is 0. The molecule has 16 heavy (non-hydrogen) atoms. The summed E-state index contributed by atoms with van der Waals surface area (Å²) in [4.78, 5) is 0. The Kier molecular flexibility index (Phi) is 2.96. The van der Waals surface area contributed by atoms with Crippen LogP contribution in [0.25, 0.3) is 0 Å². The maximum Gasteiger partial charge on any atom is 0.159 e. The van der Waals surface area contributed by atoms with Crippen LogP contribution in [0.4, 0.5) is 4.39 Å². The second kappa shape index (κ2) is 4.40. The molecule has 0 spiro atoms. The zero-order chi connectivity index (χ0) is 11.5. The van der Waals surface area contributed by atoms with Crippen molar-refractivity contribution in [2.24, 2.45) is 0 Å². The standard InChI is InChI=1S/C11H12FN3O/c1-8(9-3-2-4-10(12)5-9)15-7-13-14-11(15)6-16/h2-5,7-8,16H,6H2,1H3. The van der Waals surface area contributed by atoms with E-state index in [9.17, 15) is 4.39 Å². The van der Waals surface area contributed by atoms with Gasteiger partial charge < -0.3 is 9.67 Å². The van der Waals surface area contributed by atoms with Crippen LogP contribution in [0.15, 0.2) is 30.6 Å². The highest BCUT2D eigenvalue weighted by atomic mass is 19.1. The van der Waals surface area contributed by atoms with E-state index in [0.29, 0.717) is 5.82 Å². The molecular weight excluding hydrogens is 209 g/mol. The molecule has 0 aliphatic rings. The zero-order valence-corrected chi connectivity index (χ0v) is 8.84. The van der Waals surface area contributed by atoms with Gasteiger partial charge in [0.2, 0.25) is 0 Å². The number of benzene rings is 1. The van der Waals surface area contributed by atoms with E-state index in [2.05, 4.69) is 10.2 Å². The fourth-order valence-electron chi connectivity index (χ4n) is 1.63. The highest BCUT2D eigenvalue weighted by Gasteiger charge is 2.12. The van der Waals surface area contributed by atoms with Crippen LogP contribution in [0.1, 0.15) is 24.4 Å². The molecule has 5 heteroatoms. The van der Waals surface area contributed by atoms with E-state index in [4.69, 9.17) is 5.11 Å². The molecule has 2 rings (SSSR count). The molecule has 1 heterocycles. The smallest absolute Gasteiger partial charge is 0.159 e. The van der Waals surface area contributed by atoms with Crippen LogP contribution in [0, 0.1) is 5.82 Å². The van der Waals surface area contributed by atoms with Crippen molar-refractivity contribution in [2.75, 3.05) is 0 Å². The van der Waals surface area contributed by atoms with E-state index >= 15 is 0 Å². The van der Waals surface area contributed by atoms with Crippen molar-refractivity contribution in [3.05, 3.63) is 47.8 Å². The molecule has 0 fully saturated rings. The fraction of sp³-hybridized carbons (Fsp3) is 0.273. The number of nitrogens with zero attached hydrogens (tertiary/aromatic N) is 3. The van der Waals surface area contributed by atoms with Crippen LogP contribution < -0.4 is 0 Å². The fourth-order valence-corrected chi connectivity index (χ4v) is 1.63. The largest absolute Gasteiger partial charge is 0.388 e. The third-order valence-electron chi connectivity index (χ3n) is 2.54. The first-order valence-electron chi connectivity index (χ1n) is 4.97. The van der Waals surface area contributed by atoms with Gasteiger partial charge in [-0.3, -0.25) is 0 Å². The topological polar surface area (TPSA) is 50.9 Å². The number of aliphatic hydroxyl groups is 1. The Balaban J connectivity index is 2.35. The Hall–Kier alpha value is -1.75. The second-order valence-corrected chi connectivity index (χ2v) is 3.54. The molecule has 0 amide bonds. The van der Waals surface area contributed by atoms with E-state index in [1.54, 1.807) is 10.6 Å². The summed E-state index contributed by atoms with van der Waals surface area (Å²) >= 11 is 0. The van der Waals surface area contributed by atoms with Crippen LogP contribution in [-0.2, 0) is 6.61 Å². The first-order chi connectivity index (χ1) is 7.72. The minimum atomic E-state index is -0.275. The molecule has 0 radical (unpaired) electrons. The Morgan fingerprint density at radius 3 is 3.00 bits per heavy atom. The summed E-state index contributed by atoms with van der Waals surface area (Å²) in [5.74, 6) is 0.194. The lowest BCUT2D eigenvalue weighted by Gasteiger charge is -2.14. The van der Waals surface area contributed by atoms with E-state index < -0.39 is 0 Å². The van der Waals surface area contributed by atoms with Crippen molar-refractivity contribution in [3.63, 3.8) is 0 Å². The first kappa shape index (κ1) is 10.8. The summed E-state index contributed by atoms with van der Waals surface area (Å²) in [5, 5.41) is 16.6. The number of rotatable bonds is 3. The highest BCUT2D eigenvalue weighted by Crippen LogP contribution is 2.19. The van der Waals surface area contributed by atoms with Crippen LogP contribution in [0.5, 0.6) is 0 Å². The lowest BCUT2D eigenvalue weighted by molar-refractivity contribution is 0.263. The van der Waals surface area contributed by atoms with Gasteiger partial charge in [-0.05, 0) is 24.6 Å². The molecule has 1 unspecified atom stereocenters. The summed E-state index contributed by atoms with van der Waals surface area (Å²) in [6.45, 7) is 1.72. The van der Waals surface area contributed by atoms with Gasteiger partial charge in [0, 0.05) is 0 Å². The van der Waals surface area contributed by atoms with E-state index in [1.165, 1.54) is 18.5 Å². The minimum absolute atomic E-state index is 0.104. The Morgan fingerprint density at radius 1 is 1.50 bits per heavy atom. The average molecular weight is 221 g/mol. The van der Waals surface area contributed by atoms with Gasteiger partial charge in [-0.2, -0.15) is 0 Å². The van der Waals surface area contributed by atoms with Gasteiger partial charge in [-0.15, -0.1) is 10.2 Å². The molecule has 0 bridgehead atoms. The van der Waals surface area contributed by atoms with Crippen LogP contribution in [0.3, 0.4) is 0 Å². The lowest BCUT2D eigenvalue weighted by Crippen LogP contribution is -2.10. The number of halogens is 1. The monoisotopic (exact) mass is 221 g/mol. The molecule has 0 saturated carbocycles. The van der Waals surface area contributed by atoms with Gasteiger partial charge in [-0.1, -0.05) is 12.1 Å². The second-order valence-electron chi connectivity index (χ2n) is 3.54. The molecule has 0 aliphatic carbocycles. The molecule has 1 N–H and O–H groups in total. The van der Waals surface area contributed by atoms with E-state index in [0.717, 1.165) is 5.56 Å². The SMILES string of the molecule is CC(c1cccc(F)c1)n1cnnc1CO. The van der Waals surface area contributed by atoms with E-state index in [1.807, 2.05) is 13.0 Å². The van der Waals surface area contributed by atoms with Crippen molar-refractivity contribution < 1.29 is 9.50 Å². The van der Waals surface area contributed by atoms with Gasteiger partial charge in [0.15, 0.2) is 5.82 Å². The van der Waals surface area contributed by atoms with Crippen LogP contribution in [-0.4, -0.2) is 19.9 Å². The van der Waals surface area contributed by atoms with Crippen molar-refractivity contribution in [3.8, 4) is 0 Å². The van der Waals surface area contributed by atoms with Gasteiger partial charge in [0.05, 0.1) is 6.04 Å². The van der Waals surface area contributed by atoms with Gasteiger partial charge in [0.25, 0.3) is 0 Å². The Labute approximate surface area is 92.4 Å². The predicted octanol–water partition coefficient (Wildman–Crippen LogP) is 1.52. The molecule has 4 nitrogen and oxygen atoms in total. The van der Waals surface area contributed by atoms with Crippen molar-refractivity contribution in [1.82, 2.24) is 14.8 Å². The molecule has 1 atom stereocenters. The Morgan fingerprint density at radius 2 is 2.31 bits per heavy atom. The number of aliphatic hydroxyl groups excluding tert-OH is 1. The number of hydrogen-bond acceptors (Lipinski definition) is 3. The summed E-state index contributed by atoms with van der Waals surface area (Å²) in [6, 6.07) is 6.24. The number of aromatic nitrogens is 3. The maximum absolute atomic E-state index is 13.1.